The number of carbonyl (C=O) groups excluding carboxylic acids is 1. The summed E-state index contributed by atoms with van der Waals surface area (Å²) >= 11 is 0. The molecule has 0 amide bonds. The molecule has 19 nitrogen and oxygen atoms in total. The van der Waals surface area contributed by atoms with E-state index in [2.05, 4.69) is 0 Å². The topological polar surface area (TPSA) is 304 Å². The quantitative estimate of drug-likeness (QED) is 0.0603. The minimum Gasteiger partial charge on any atom is -0.508 e. The third-order valence-corrected chi connectivity index (χ3v) is 8.92. The van der Waals surface area contributed by atoms with Crippen LogP contribution in [0.1, 0.15) is 18.1 Å². The SMILES string of the molecule is C[C@@H]1O[C@@H](O[C@H]2[C@H](O[C@H]3OC[C@H](O)[C@H](O)[C@@H]3O)[C@@H](OCCc3ccc(O)c(O)c3)O[C@H](CO)[C@H]2OC(=O)C=Cc2cc(O)cc(O)c2)[C@H](O)[C@H](O)[C@@H]1O. The van der Waals surface area contributed by atoms with Crippen molar-refractivity contribution in [2.45, 2.75) is 99.4 Å². The average molecular weight is 757 g/mol. The summed E-state index contributed by atoms with van der Waals surface area (Å²) in [4.78, 5) is 13.2. The first kappa shape index (κ1) is 40.5. The molecular formula is C34H44O19. The van der Waals surface area contributed by atoms with Gasteiger partial charge in [0.1, 0.15) is 66.4 Å². The van der Waals surface area contributed by atoms with Gasteiger partial charge in [-0.15, -0.1) is 0 Å². The molecule has 3 saturated heterocycles. The highest BCUT2D eigenvalue weighted by atomic mass is 16.8. The molecular weight excluding hydrogens is 712 g/mol. The number of phenols is 4. The predicted molar refractivity (Wildman–Crippen MR) is 174 cm³/mol. The molecule has 5 rings (SSSR count). The fourth-order valence-corrected chi connectivity index (χ4v) is 6.00. The lowest BCUT2D eigenvalue weighted by Gasteiger charge is -2.49. The molecule has 0 aromatic heterocycles. The number of aliphatic hydroxyl groups excluding tert-OH is 7. The van der Waals surface area contributed by atoms with Crippen molar-refractivity contribution in [1.29, 1.82) is 0 Å². The molecule has 3 heterocycles. The zero-order valence-corrected chi connectivity index (χ0v) is 28.2. The van der Waals surface area contributed by atoms with Crippen LogP contribution in [0.25, 0.3) is 6.08 Å². The van der Waals surface area contributed by atoms with Gasteiger partial charge in [-0.3, -0.25) is 0 Å². The van der Waals surface area contributed by atoms with Crippen LogP contribution in [0.5, 0.6) is 23.0 Å². The smallest absolute Gasteiger partial charge is 0.331 e. The molecule has 11 N–H and O–H groups in total. The standard InChI is InChI=1S/C34H44O19/c1-14-24(42)26(44)28(46)33(49-14)52-30-29(51-23(41)5-3-16-8-17(36)11-18(37)9-16)22(12-35)50-34(47-7-6-15-2-4-19(38)20(39)10-15)31(30)53-32-27(45)25(43)21(40)13-48-32/h2-5,8-11,14,21-22,24-40,42-46H,6-7,12-13H2,1H3/t14-,21-,22+,24+,25-,26+,27-,28+,29+,30+,31-,32+,33-,34-/m0/s1. The molecule has 14 atom stereocenters. The maximum atomic E-state index is 13.2. The average Bonchev–Trinajstić information content (AvgIpc) is 3.11. The van der Waals surface area contributed by atoms with Gasteiger partial charge in [0, 0.05) is 12.1 Å². The molecule has 0 bridgehead atoms. The largest absolute Gasteiger partial charge is 0.508 e. The second-order valence-corrected chi connectivity index (χ2v) is 12.8. The fourth-order valence-electron chi connectivity index (χ4n) is 6.00. The van der Waals surface area contributed by atoms with E-state index in [9.17, 15) is 61.0 Å². The second-order valence-electron chi connectivity index (χ2n) is 12.8. The van der Waals surface area contributed by atoms with Crippen LogP contribution >= 0.6 is 0 Å². The lowest BCUT2D eigenvalue weighted by Crippen LogP contribution is -2.67. The molecule has 2 aromatic carbocycles. The van der Waals surface area contributed by atoms with Crippen molar-refractivity contribution >= 4 is 12.0 Å². The molecule has 294 valence electrons. The van der Waals surface area contributed by atoms with E-state index in [0.717, 1.165) is 12.1 Å². The number of hydrogen-bond donors (Lipinski definition) is 11. The predicted octanol–water partition coefficient (Wildman–Crippen LogP) is -2.55. The number of hydrogen-bond acceptors (Lipinski definition) is 19. The lowest BCUT2D eigenvalue weighted by atomic mass is 9.96. The highest BCUT2D eigenvalue weighted by molar-refractivity contribution is 5.87. The minimum absolute atomic E-state index is 0.114. The van der Waals surface area contributed by atoms with E-state index in [1.807, 2.05) is 0 Å². The summed E-state index contributed by atoms with van der Waals surface area (Å²) in [6.45, 7) is -0.113. The summed E-state index contributed by atoms with van der Waals surface area (Å²) in [7, 11) is 0. The van der Waals surface area contributed by atoms with Gasteiger partial charge < -0.3 is 89.3 Å². The molecule has 2 aromatic rings. The Morgan fingerprint density at radius 3 is 2.13 bits per heavy atom. The van der Waals surface area contributed by atoms with Gasteiger partial charge in [-0.2, -0.15) is 0 Å². The summed E-state index contributed by atoms with van der Waals surface area (Å²) in [5, 5.41) is 112. The third-order valence-electron chi connectivity index (χ3n) is 8.92. The number of carbonyl (C=O) groups is 1. The van der Waals surface area contributed by atoms with E-state index >= 15 is 0 Å². The number of aromatic hydroxyl groups is 4. The van der Waals surface area contributed by atoms with Crippen LogP contribution in [-0.2, 0) is 44.4 Å². The summed E-state index contributed by atoms with van der Waals surface area (Å²) in [6, 6.07) is 7.62. The van der Waals surface area contributed by atoms with E-state index in [1.165, 1.54) is 43.3 Å². The maximum Gasteiger partial charge on any atom is 0.331 e. The molecule has 3 fully saturated rings. The Morgan fingerprint density at radius 2 is 1.45 bits per heavy atom. The van der Waals surface area contributed by atoms with Crippen molar-refractivity contribution in [2.24, 2.45) is 0 Å². The van der Waals surface area contributed by atoms with Crippen LogP contribution in [-0.4, -0.2) is 168 Å². The maximum absolute atomic E-state index is 13.2. The van der Waals surface area contributed by atoms with Crippen LogP contribution in [0.15, 0.2) is 42.5 Å². The van der Waals surface area contributed by atoms with Gasteiger partial charge in [0.2, 0.25) is 0 Å². The molecule has 3 aliphatic heterocycles. The Hall–Kier alpha value is -3.67. The summed E-state index contributed by atoms with van der Waals surface area (Å²) in [5.41, 5.74) is 0.717. The number of esters is 1. The Morgan fingerprint density at radius 1 is 0.774 bits per heavy atom. The summed E-state index contributed by atoms with van der Waals surface area (Å²) in [5.74, 6) is -2.39. The van der Waals surface area contributed by atoms with Crippen molar-refractivity contribution in [3.63, 3.8) is 0 Å². The van der Waals surface area contributed by atoms with E-state index < -0.39 is 105 Å². The second kappa shape index (κ2) is 17.6. The van der Waals surface area contributed by atoms with Crippen LogP contribution in [0.3, 0.4) is 0 Å². The minimum atomic E-state index is -1.89. The van der Waals surface area contributed by atoms with E-state index in [1.54, 1.807) is 0 Å². The number of phenolic OH excluding ortho intramolecular Hbond substituents is 4. The monoisotopic (exact) mass is 756 g/mol. The van der Waals surface area contributed by atoms with Crippen molar-refractivity contribution in [1.82, 2.24) is 0 Å². The first-order valence-electron chi connectivity index (χ1n) is 16.6. The number of rotatable bonds is 12. The molecule has 3 aliphatic rings. The van der Waals surface area contributed by atoms with Crippen LogP contribution in [0.4, 0.5) is 0 Å². The fraction of sp³-hybridized carbons (Fsp3) is 0.559. The zero-order valence-electron chi connectivity index (χ0n) is 28.2. The third kappa shape index (κ3) is 9.72. The van der Waals surface area contributed by atoms with Crippen molar-refractivity contribution in [2.75, 3.05) is 19.8 Å². The van der Waals surface area contributed by atoms with Crippen LogP contribution in [0, 0.1) is 0 Å². The normalized spacial score (nSPS) is 36.4. The molecule has 19 heteroatoms. The Balaban J connectivity index is 1.48. The molecule has 0 saturated carbocycles. The Bertz CT molecular complexity index is 1540. The van der Waals surface area contributed by atoms with Gasteiger partial charge in [0.05, 0.1) is 25.9 Å². The van der Waals surface area contributed by atoms with Gasteiger partial charge in [-0.05, 0) is 54.8 Å². The summed E-state index contributed by atoms with van der Waals surface area (Å²) in [6.07, 6.45) is -20.6. The number of aliphatic hydroxyl groups is 7. The van der Waals surface area contributed by atoms with Gasteiger partial charge in [0.15, 0.2) is 36.5 Å². The Labute approximate surface area is 302 Å². The first-order chi connectivity index (χ1) is 25.2. The molecule has 0 spiro atoms. The highest BCUT2D eigenvalue weighted by Crippen LogP contribution is 2.35. The lowest BCUT2D eigenvalue weighted by molar-refractivity contribution is -0.385. The molecule has 53 heavy (non-hydrogen) atoms. The van der Waals surface area contributed by atoms with Crippen LogP contribution < -0.4 is 0 Å². The van der Waals surface area contributed by atoms with Crippen LogP contribution in [0.2, 0.25) is 0 Å². The van der Waals surface area contributed by atoms with Gasteiger partial charge >= 0.3 is 5.97 Å². The zero-order chi connectivity index (χ0) is 38.6. The van der Waals surface area contributed by atoms with Gasteiger partial charge in [-0.1, -0.05) is 6.07 Å². The first-order valence-corrected chi connectivity index (χ1v) is 16.6. The van der Waals surface area contributed by atoms with E-state index in [0.29, 0.717) is 5.56 Å². The van der Waals surface area contributed by atoms with Gasteiger partial charge in [0.25, 0.3) is 0 Å². The van der Waals surface area contributed by atoms with Gasteiger partial charge in [-0.25, -0.2) is 4.79 Å². The number of benzene rings is 2. The molecule has 0 radical (unpaired) electrons. The van der Waals surface area contributed by atoms with Crippen molar-refractivity contribution < 1.29 is 94.1 Å². The molecule has 0 aliphatic carbocycles. The van der Waals surface area contributed by atoms with E-state index in [-0.39, 0.29) is 41.6 Å². The number of ether oxygens (including phenoxy) is 7. The molecule has 0 unspecified atom stereocenters. The van der Waals surface area contributed by atoms with Crippen molar-refractivity contribution in [3.05, 3.63) is 53.6 Å². The van der Waals surface area contributed by atoms with E-state index in [4.69, 9.17) is 33.2 Å². The summed E-state index contributed by atoms with van der Waals surface area (Å²) < 4.78 is 40.9. The Kier molecular flexibility index (Phi) is 13.5. The highest BCUT2D eigenvalue weighted by Gasteiger charge is 2.55. The van der Waals surface area contributed by atoms with Crippen molar-refractivity contribution in [3.8, 4) is 23.0 Å².